The molecule has 0 spiro atoms. The molecule has 0 bridgehead atoms. The zero-order valence-electron chi connectivity index (χ0n) is 9.47. The molecule has 2 unspecified atom stereocenters. The van der Waals surface area contributed by atoms with Gasteiger partial charge in [-0.05, 0) is 24.8 Å². The molecule has 82 valence electrons. The molecule has 1 saturated heterocycles. The van der Waals surface area contributed by atoms with E-state index >= 15 is 0 Å². The van der Waals surface area contributed by atoms with E-state index in [2.05, 4.69) is 31.4 Å². The highest BCUT2D eigenvalue weighted by Crippen LogP contribution is 2.11. The molecule has 3 heteroatoms. The Balaban J connectivity index is 2.31. The van der Waals surface area contributed by atoms with Gasteiger partial charge in [-0.3, -0.25) is 4.79 Å². The van der Waals surface area contributed by atoms with Gasteiger partial charge in [0.15, 0.2) is 0 Å². The molecule has 1 rings (SSSR count). The van der Waals surface area contributed by atoms with Crippen molar-refractivity contribution in [2.45, 2.75) is 39.7 Å². The Morgan fingerprint density at radius 1 is 1.57 bits per heavy atom. The minimum atomic E-state index is 0.195. The van der Waals surface area contributed by atoms with Gasteiger partial charge in [-0.15, -0.1) is 0 Å². The summed E-state index contributed by atoms with van der Waals surface area (Å²) in [6.45, 7) is 8.36. The molecular weight excluding hydrogens is 176 g/mol. The maximum absolute atomic E-state index is 11.5. The van der Waals surface area contributed by atoms with Crippen molar-refractivity contribution in [3.8, 4) is 0 Å². The van der Waals surface area contributed by atoms with E-state index in [0.717, 1.165) is 19.5 Å². The fraction of sp³-hybridized carbons (Fsp3) is 0.909. The van der Waals surface area contributed by atoms with Gasteiger partial charge in [0.05, 0.1) is 0 Å². The van der Waals surface area contributed by atoms with E-state index in [1.165, 1.54) is 0 Å². The monoisotopic (exact) mass is 198 g/mol. The number of amides is 1. The predicted octanol–water partition coefficient (Wildman–Crippen LogP) is 1.15. The number of carbonyl (C=O) groups is 1. The van der Waals surface area contributed by atoms with Crippen LogP contribution in [0.25, 0.3) is 0 Å². The number of hydrogen-bond donors (Lipinski definition) is 2. The first-order valence-electron chi connectivity index (χ1n) is 5.59. The van der Waals surface area contributed by atoms with Crippen LogP contribution in [-0.2, 0) is 4.79 Å². The lowest BCUT2D eigenvalue weighted by molar-refractivity contribution is -0.122. The van der Waals surface area contributed by atoms with Crippen LogP contribution in [0.3, 0.4) is 0 Å². The quantitative estimate of drug-likeness (QED) is 0.714. The van der Waals surface area contributed by atoms with Crippen molar-refractivity contribution in [2.75, 3.05) is 13.1 Å². The van der Waals surface area contributed by atoms with Crippen LogP contribution in [0, 0.1) is 11.8 Å². The van der Waals surface area contributed by atoms with Gasteiger partial charge < -0.3 is 10.6 Å². The number of nitrogens with one attached hydrogen (secondary N) is 2. The highest BCUT2D eigenvalue weighted by Gasteiger charge is 2.22. The Labute approximate surface area is 86.6 Å². The summed E-state index contributed by atoms with van der Waals surface area (Å²) >= 11 is 0. The third kappa shape index (κ3) is 3.66. The second-order valence-electron chi connectivity index (χ2n) is 4.74. The van der Waals surface area contributed by atoms with Gasteiger partial charge in [0.25, 0.3) is 0 Å². The standard InChI is InChI=1S/C11H22N2O/c1-8(2)6-11(14)13-10-7-12-5-4-9(10)3/h8-10,12H,4-7H2,1-3H3,(H,13,14). The summed E-state index contributed by atoms with van der Waals surface area (Å²) in [5.41, 5.74) is 0. The summed E-state index contributed by atoms with van der Waals surface area (Å²) in [7, 11) is 0. The molecule has 0 aromatic carbocycles. The van der Waals surface area contributed by atoms with Crippen LogP contribution in [-0.4, -0.2) is 25.0 Å². The number of rotatable bonds is 3. The Bertz CT molecular complexity index is 192. The summed E-state index contributed by atoms with van der Waals surface area (Å²) < 4.78 is 0. The van der Waals surface area contributed by atoms with E-state index in [1.807, 2.05) is 0 Å². The van der Waals surface area contributed by atoms with Crippen molar-refractivity contribution < 1.29 is 4.79 Å². The third-order valence-electron chi connectivity index (χ3n) is 2.77. The molecule has 0 saturated carbocycles. The van der Waals surface area contributed by atoms with Gasteiger partial charge >= 0.3 is 0 Å². The van der Waals surface area contributed by atoms with E-state index in [0.29, 0.717) is 24.3 Å². The van der Waals surface area contributed by atoms with E-state index < -0.39 is 0 Å². The molecular formula is C11H22N2O. The zero-order valence-corrected chi connectivity index (χ0v) is 9.47. The molecule has 0 aliphatic carbocycles. The fourth-order valence-electron chi connectivity index (χ4n) is 1.82. The molecule has 3 nitrogen and oxygen atoms in total. The SMILES string of the molecule is CC(C)CC(=O)NC1CNCCC1C. The number of carbonyl (C=O) groups excluding carboxylic acids is 1. The molecule has 1 fully saturated rings. The lowest BCUT2D eigenvalue weighted by atomic mass is 9.94. The Hall–Kier alpha value is -0.570. The second kappa shape index (κ2) is 5.35. The highest BCUT2D eigenvalue weighted by molar-refractivity contribution is 5.76. The lowest BCUT2D eigenvalue weighted by Gasteiger charge is -2.30. The van der Waals surface area contributed by atoms with Gasteiger partial charge in [-0.25, -0.2) is 0 Å². The van der Waals surface area contributed by atoms with Gasteiger partial charge in [0.2, 0.25) is 5.91 Å². The molecule has 2 atom stereocenters. The van der Waals surface area contributed by atoms with Crippen LogP contribution in [0.1, 0.15) is 33.6 Å². The summed E-state index contributed by atoms with van der Waals surface area (Å²) in [6, 6.07) is 0.329. The maximum Gasteiger partial charge on any atom is 0.220 e. The summed E-state index contributed by atoms with van der Waals surface area (Å²) in [4.78, 5) is 11.5. The molecule has 14 heavy (non-hydrogen) atoms. The van der Waals surface area contributed by atoms with Crippen molar-refractivity contribution in [1.82, 2.24) is 10.6 Å². The van der Waals surface area contributed by atoms with Crippen molar-refractivity contribution in [2.24, 2.45) is 11.8 Å². The molecule has 2 N–H and O–H groups in total. The second-order valence-corrected chi connectivity index (χ2v) is 4.74. The third-order valence-corrected chi connectivity index (χ3v) is 2.77. The zero-order chi connectivity index (χ0) is 10.6. The van der Waals surface area contributed by atoms with Crippen LogP contribution in [0.2, 0.25) is 0 Å². The van der Waals surface area contributed by atoms with Crippen LogP contribution in [0.4, 0.5) is 0 Å². The van der Waals surface area contributed by atoms with Crippen LogP contribution >= 0.6 is 0 Å². The molecule has 1 heterocycles. The largest absolute Gasteiger partial charge is 0.352 e. The van der Waals surface area contributed by atoms with Crippen molar-refractivity contribution in [1.29, 1.82) is 0 Å². The first-order chi connectivity index (χ1) is 6.59. The molecule has 1 amide bonds. The lowest BCUT2D eigenvalue weighted by Crippen LogP contribution is -2.50. The molecule has 0 aromatic rings. The Morgan fingerprint density at radius 3 is 2.86 bits per heavy atom. The molecule has 0 aromatic heterocycles. The minimum absolute atomic E-state index is 0.195. The topological polar surface area (TPSA) is 41.1 Å². The Morgan fingerprint density at radius 2 is 2.29 bits per heavy atom. The summed E-state index contributed by atoms with van der Waals surface area (Å²) in [6.07, 6.45) is 1.80. The van der Waals surface area contributed by atoms with Crippen molar-refractivity contribution >= 4 is 5.91 Å². The fourth-order valence-corrected chi connectivity index (χ4v) is 1.82. The van der Waals surface area contributed by atoms with Crippen LogP contribution in [0.5, 0.6) is 0 Å². The molecule has 0 radical (unpaired) electrons. The van der Waals surface area contributed by atoms with E-state index in [-0.39, 0.29) is 5.91 Å². The van der Waals surface area contributed by atoms with Crippen molar-refractivity contribution in [3.05, 3.63) is 0 Å². The smallest absolute Gasteiger partial charge is 0.220 e. The number of piperidine rings is 1. The van der Waals surface area contributed by atoms with Crippen molar-refractivity contribution in [3.63, 3.8) is 0 Å². The average Bonchev–Trinajstić information content (AvgIpc) is 2.07. The van der Waals surface area contributed by atoms with E-state index in [9.17, 15) is 4.79 Å². The van der Waals surface area contributed by atoms with E-state index in [1.54, 1.807) is 0 Å². The molecule has 1 aliphatic rings. The average molecular weight is 198 g/mol. The summed E-state index contributed by atoms with van der Waals surface area (Å²) in [5.74, 6) is 1.25. The minimum Gasteiger partial charge on any atom is -0.352 e. The van der Waals surface area contributed by atoms with Gasteiger partial charge in [-0.1, -0.05) is 20.8 Å². The van der Waals surface area contributed by atoms with Crippen LogP contribution < -0.4 is 10.6 Å². The normalized spacial score (nSPS) is 27.7. The van der Waals surface area contributed by atoms with Gasteiger partial charge in [0, 0.05) is 19.0 Å². The Kier molecular flexibility index (Phi) is 4.39. The molecule has 1 aliphatic heterocycles. The van der Waals surface area contributed by atoms with Crippen LogP contribution in [0.15, 0.2) is 0 Å². The predicted molar refractivity (Wildman–Crippen MR) is 58.0 cm³/mol. The maximum atomic E-state index is 11.5. The number of hydrogen-bond acceptors (Lipinski definition) is 2. The van der Waals surface area contributed by atoms with Gasteiger partial charge in [-0.2, -0.15) is 0 Å². The summed E-state index contributed by atoms with van der Waals surface area (Å²) in [5, 5.41) is 6.41. The first-order valence-corrected chi connectivity index (χ1v) is 5.59. The van der Waals surface area contributed by atoms with Gasteiger partial charge in [0.1, 0.15) is 0 Å². The first kappa shape index (κ1) is 11.5. The van der Waals surface area contributed by atoms with E-state index in [4.69, 9.17) is 0 Å². The highest BCUT2D eigenvalue weighted by atomic mass is 16.1.